The zero-order chi connectivity index (χ0) is 13.7. The number of hydrogen-bond donors (Lipinski definition) is 1. The lowest BCUT2D eigenvalue weighted by Crippen LogP contribution is -2.10. The summed E-state index contributed by atoms with van der Waals surface area (Å²) in [6.07, 6.45) is 0. The Hall–Kier alpha value is -2.00. The van der Waals surface area contributed by atoms with Crippen molar-refractivity contribution >= 4 is 0 Å². The lowest BCUT2D eigenvalue weighted by Gasteiger charge is -2.10. The lowest BCUT2D eigenvalue weighted by atomic mass is 10.0. The molecule has 2 N–H and O–H groups in total. The first-order valence-electron chi connectivity index (χ1n) is 6.32. The molecule has 0 saturated carbocycles. The Morgan fingerprint density at radius 3 is 2.58 bits per heavy atom. The molecule has 3 nitrogen and oxygen atoms in total. The van der Waals surface area contributed by atoms with Gasteiger partial charge in [0.15, 0.2) is 0 Å². The number of ether oxygens (including phenoxy) is 2. The van der Waals surface area contributed by atoms with Crippen LogP contribution < -0.4 is 15.2 Å². The molecule has 0 spiro atoms. The van der Waals surface area contributed by atoms with Gasteiger partial charge in [-0.3, -0.25) is 0 Å². The van der Waals surface area contributed by atoms with E-state index in [1.54, 1.807) is 7.11 Å². The highest BCUT2D eigenvalue weighted by molar-refractivity contribution is 5.69. The van der Waals surface area contributed by atoms with Crippen LogP contribution in [0.2, 0.25) is 0 Å². The van der Waals surface area contributed by atoms with Crippen molar-refractivity contribution in [1.82, 2.24) is 0 Å². The third-order valence-corrected chi connectivity index (χ3v) is 2.97. The molecule has 0 fully saturated rings. The van der Waals surface area contributed by atoms with Crippen molar-refractivity contribution in [3.63, 3.8) is 0 Å². The second-order valence-corrected chi connectivity index (χ2v) is 4.35. The Kier molecular flexibility index (Phi) is 4.42. The van der Waals surface area contributed by atoms with E-state index in [1.165, 1.54) is 11.1 Å². The summed E-state index contributed by atoms with van der Waals surface area (Å²) in [7, 11) is 1.68. The standard InChI is InChI=1S/C16H19NO2/c1-12-10-14(18-2)6-7-16(12)13-4-3-5-15(11-13)19-9-8-17/h3-7,10-11H,8-9,17H2,1-2H3. The van der Waals surface area contributed by atoms with Gasteiger partial charge >= 0.3 is 0 Å². The van der Waals surface area contributed by atoms with Gasteiger partial charge in [-0.05, 0) is 47.9 Å². The monoisotopic (exact) mass is 257 g/mol. The third kappa shape index (κ3) is 3.26. The first kappa shape index (κ1) is 13.4. The summed E-state index contributed by atoms with van der Waals surface area (Å²) < 4.78 is 10.8. The van der Waals surface area contributed by atoms with Gasteiger partial charge in [-0.1, -0.05) is 18.2 Å². The topological polar surface area (TPSA) is 44.5 Å². The van der Waals surface area contributed by atoms with Crippen LogP contribution in [-0.2, 0) is 0 Å². The van der Waals surface area contributed by atoms with Crippen LogP contribution in [0.15, 0.2) is 42.5 Å². The molecule has 2 aromatic rings. The molecule has 0 aliphatic carbocycles. The van der Waals surface area contributed by atoms with E-state index in [2.05, 4.69) is 19.1 Å². The minimum Gasteiger partial charge on any atom is -0.497 e. The van der Waals surface area contributed by atoms with E-state index in [0.29, 0.717) is 13.2 Å². The maximum Gasteiger partial charge on any atom is 0.119 e. The minimum atomic E-state index is 0.520. The summed E-state index contributed by atoms with van der Waals surface area (Å²) in [5.74, 6) is 1.72. The van der Waals surface area contributed by atoms with Crippen molar-refractivity contribution in [2.45, 2.75) is 6.92 Å². The van der Waals surface area contributed by atoms with Gasteiger partial charge in [0.25, 0.3) is 0 Å². The van der Waals surface area contributed by atoms with Gasteiger partial charge in [0.05, 0.1) is 7.11 Å². The predicted octanol–water partition coefficient (Wildman–Crippen LogP) is 3.01. The van der Waals surface area contributed by atoms with Gasteiger partial charge in [0.2, 0.25) is 0 Å². The van der Waals surface area contributed by atoms with Crippen LogP contribution in [0.5, 0.6) is 11.5 Å². The average Bonchev–Trinajstić information content (AvgIpc) is 2.45. The predicted molar refractivity (Wildman–Crippen MR) is 77.7 cm³/mol. The minimum absolute atomic E-state index is 0.520. The van der Waals surface area contributed by atoms with Crippen molar-refractivity contribution in [3.8, 4) is 22.6 Å². The molecular weight excluding hydrogens is 238 g/mol. The Balaban J connectivity index is 2.30. The molecule has 19 heavy (non-hydrogen) atoms. The van der Waals surface area contributed by atoms with E-state index in [0.717, 1.165) is 17.1 Å². The van der Waals surface area contributed by atoms with Gasteiger partial charge < -0.3 is 15.2 Å². The lowest BCUT2D eigenvalue weighted by molar-refractivity contribution is 0.328. The molecule has 0 aliphatic rings. The first-order chi connectivity index (χ1) is 9.24. The van der Waals surface area contributed by atoms with Crippen LogP contribution in [-0.4, -0.2) is 20.3 Å². The maximum atomic E-state index is 5.55. The number of rotatable bonds is 5. The van der Waals surface area contributed by atoms with Crippen molar-refractivity contribution in [2.24, 2.45) is 5.73 Å². The smallest absolute Gasteiger partial charge is 0.119 e. The summed E-state index contributed by atoms with van der Waals surface area (Å²) in [5, 5.41) is 0. The fourth-order valence-corrected chi connectivity index (χ4v) is 2.02. The number of nitrogens with two attached hydrogens (primary N) is 1. The van der Waals surface area contributed by atoms with E-state index in [-0.39, 0.29) is 0 Å². The molecule has 0 amide bonds. The first-order valence-corrected chi connectivity index (χ1v) is 6.32. The van der Waals surface area contributed by atoms with Crippen LogP contribution in [0.1, 0.15) is 5.56 Å². The molecule has 2 rings (SSSR count). The second-order valence-electron chi connectivity index (χ2n) is 4.35. The van der Waals surface area contributed by atoms with Gasteiger partial charge in [-0.2, -0.15) is 0 Å². The number of hydrogen-bond acceptors (Lipinski definition) is 3. The van der Waals surface area contributed by atoms with Crippen molar-refractivity contribution in [3.05, 3.63) is 48.0 Å². The largest absolute Gasteiger partial charge is 0.497 e. The summed E-state index contributed by atoms with van der Waals surface area (Å²) in [5.41, 5.74) is 8.93. The normalized spacial score (nSPS) is 10.3. The zero-order valence-corrected chi connectivity index (χ0v) is 11.3. The summed E-state index contributed by atoms with van der Waals surface area (Å²) >= 11 is 0. The molecule has 0 heterocycles. The highest BCUT2D eigenvalue weighted by atomic mass is 16.5. The third-order valence-electron chi connectivity index (χ3n) is 2.97. The highest BCUT2D eigenvalue weighted by Gasteiger charge is 2.04. The van der Waals surface area contributed by atoms with E-state index >= 15 is 0 Å². The molecule has 0 atom stereocenters. The fourth-order valence-electron chi connectivity index (χ4n) is 2.02. The zero-order valence-electron chi connectivity index (χ0n) is 11.3. The summed E-state index contributed by atoms with van der Waals surface area (Å²) in [6.45, 7) is 3.13. The molecule has 2 aromatic carbocycles. The van der Waals surface area contributed by atoms with E-state index < -0.39 is 0 Å². The SMILES string of the molecule is COc1ccc(-c2cccc(OCCN)c2)c(C)c1. The number of aryl methyl sites for hydroxylation is 1. The van der Waals surface area contributed by atoms with E-state index in [9.17, 15) is 0 Å². The molecule has 0 aromatic heterocycles. The molecule has 0 unspecified atom stereocenters. The molecule has 3 heteroatoms. The van der Waals surface area contributed by atoms with E-state index in [4.69, 9.17) is 15.2 Å². The van der Waals surface area contributed by atoms with Gasteiger partial charge in [0.1, 0.15) is 18.1 Å². The Labute approximate surface area is 114 Å². The Bertz CT molecular complexity index is 552. The molecule has 100 valence electrons. The van der Waals surface area contributed by atoms with Gasteiger partial charge in [-0.25, -0.2) is 0 Å². The summed E-state index contributed by atoms with van der Waals surface area (Å²) in [4.78, 5) is 0. The van der Waals surface area contributed by atoms with Crippen LogP contribution in [0.25, 0.3) is 11.1 Å². The van der Waals surface area contributed by atoms with E-state index in [1.807, 2.05) is 30.3 Å². The van der Waals surface area contributed by atoms with Crippen molar-refractivity contribution < 1.29 is 9.47 Å². The van der Waals surface area contributed by atoms with Crippen LogP contribution >= 0.6 is 0 Å². The van der Waals surface area contributed by atoms with Gasteiger partial charge in [-0.15, -0.1) is 0 Å². The maximum absolute atomic E-state index is 5.55. The number of benzene rings is 2. The number of methoxy groups -OCH3 is 1. The average molecular weight is 257 g/mol. The second kappa shape index (κ2) is 6.25. The quantitative estimate of drug-likeness (QED) is 0.895. The van der Waals surface area contributed by atoms with Crippen LogP contribution in [0.4, 0.5) is 0 Å². The molecular formula is C16H19NO2. The molecule has 0 bridgehead atoms. The fraction of sp³-hybridized carbons (Fsp3) is 0.250. The molecule has 0 saturated heterocycles. The van der Waals surface area contributed by atoms with Crippen molar-refractivity contribution in [2.75, 3.05) is 20.3 Å². The van der Waals surface area contributed by atoms with Gasteiger partial charge in [0, 0.05) is 6.54 Å². The Morgan fingerprint density at radius 1 is 1.05 bits per heavy atom. The highest BCUT2D eigenvalue weighted by Crippen LogP contribution is 2.29. The summed E-state index contributed by atoms with van der Waals surface area (Å²) in [6, 6.07) is 14.1. The molecule has 0 radical (unpaired) electrons. The van der Waals surface area contributed by atoms with Crippen molar-refractivity contribution in [1.29, 1.82) is 0 Å². The van der Waals surface area contributed by atoms with Crippen LogP contribution in [0.3, 0.4) is 0 Å². The van der Waals surface area contributed by atoms with Crippen LogP contribution in [0, 0.1) is 6.92 Å². The Morgan fingerprint density at radius 2 is 1.89 bits per heavy atom. The molecule has 0 aliphatic heterocycles.